The van der Waals surface area contributed by atoms with E-state index in [-0.39, 0.29) is 12.1 Å². The van der Waals surface area contributed by atoms with E-state index in [1.165, 1.54) is 37.0 Å². The Balaban J connectivity index is 1.48. The Bertz CT molecular complexity index is 986. The van der Waals surface area contributed by atoms with E-state index >= 15 is 0 Å². The van der Waals surface area contributed by atoms with Crippen molar-refractivity contribution in [3.05, 3.63) is 78.3 Å². The van der Waals surface area contributed by atoms with Gasteiger partial charge in [0, 0.05) is 17.1 Å². The van der Waals surface area contributed by atoms with Gasteiger partial charge in [-0.05, 0) is 61.5 Å². The van der Waals surface area contributed by atoms with E-state index in [0.29, 0.717) is 6.04 Å². The topological polar surface area (TPSA) is 41.3 Å². The first-order valence-electron chi connectivity index (χ1n) is 10.6. The van der Waals surface area contributed by atoms with Gasteiger partial charge >= 0.3 is 0 Å². The summed E-state index contributed by atoms with van der Waals surface area (Å²) in [6.45, 7) is 0. The Hall–Kier alpha value is -2.31. The number of nitrogens with one attached hydrogen (secondary N) is 1. The van der Waals surface area contributed by atoms with Gasteiger partial charge in [0.25, 0.3) is 0 Å². The Morgan fingerprint density at radius 2 is 1.77 bits per heavy atom. The molecule has 1 aromatic carbocycles. The maximum atomic E-state index is 6.39. The van der Waals surface area contributed by atoms with E-state index in [0.717, 1.165) is 21.7 Å². The van der Waals surface area contributed by atoms with E-state index in [9.17, 15) is 0 Å². The zero-order chi connectivity index (χ0) is 20.3. The van der Waals surface area contributed by atoms with E-state index in [1.807, 2.05) is 36.5 Å². The van der Waals surface area contributed by atoms with Gasteiger partial charge in [-0.25, -0.2) is 0 Å². The Kier molecular flexibility index (Phi) is 5.77. The first-order valence-corrected chi connectivity index (χ1v) is 11.8. The molecule has 1 aliphatic heterocycles. The fourth-order valence-electron chi connectivity index (χ4n) is 4.58. The van der Waals surface area contributed by atoms with Crippen molar-refractivity contribution in [3.63, 3.8) is 0 Å². The molecule has 4 nitrogen and oxygen atoms in total. The Morgan fingerprint density at radius 3 is 2.53 bits per heavy atom. The van der Waals surface area contributed by atoms with E-state index < -0.39 is 0 Å². The quantitative estimate of drug-likeness (QED) is 0.486. The molecule has 0 unspecified atom stereocenters. The highest BCUT2D eigenvalue weighted by molar-refractivity contribution is 7.99. The summed E-state index contributed by atoms with van der Waals surface area (Å²) in [5.41, 5.74) is 0.997. The normalized spacial score (nSPS) is 22.3. The standard InChI is InChI=1S/C24H25N3OS2/c29-24-26-22(19-13-7-8-16-25-19)23(27(24)17-9-3-1-4-10-17)20-14-15-21(28-20)30-18-11-5-2-6-12-18/h2,5-8,11-17,22-23H,1,3-4,9-10H2,(H,26,29)/t22-,23+/m0/s1. The maximum absolute atomic E-state index is 6.39. The smallest absolute Gasteiger partial charge is 0.170 e. The summed E-state index contributed by atoms with van der Waals surface area (Å²) in [7, 11) is 0. The number of hydrogen-bond donors (Lipinski definition) is 1. The van der Waals surface area contributed by atoms with Gasteiger partial charge in [0.2, 0.25) is 0 Å². The van der Waals surface area contributed by atoms with Crippen LogP contribution in [0.5, 0.6) is 0 Å². The third-order valence-electron chi connectivity index (χ3n) is 5.96. The number of thiocarbonyl (C=S) groups is 1. The van der Waals surface area contributed by atoms with Crippen molar-refractivity contribution < 1.29 is 4.42 Å². The van der Waals surface area contributed by atoms with Gasteiger partial charge in [-0.1, -0.05) is 55.3 Å². The Morgan fingerprint density at radius 1 is 0.967 bits per heavy atom. The summed E-state index contributed by atoms with van der Waals surface area (Å²) in [4.78, 5) is 8.19. The van der Waals surface area contributed by atoms with Crippen LogP contribution >= 0.6 is 24.0 Å². The number of pyridine rings is 1. The molecule has 154 valence electrons. The van der Waals surface area contributed by atoms with Crippen LogP contribution in [0.15, 0.2) is 81.3 Å². The summed E-state index contributed by atoms with van der Waals surface area (Å²) >= 11 is 7.48. The van der Waals surface area contributed by atoms with E-state index in [4.69, 9.17) is 16.6 Å². The number of aromatic nitrogens is 1. The monoisotopic (exact) mass is 435 g/mol. The molecule has 3 heterocycles. The Labute approximate surface area is 187 Å². The minimum absolute atomic E-state index is 0.0126. The highest BCUT2D eigenvalue weighted by Gasteiger charge is 2.44. The van der Waals surface area contributed by atoms with Crippen molar-refractivity contribution in [2.24, 2.45) is 0 Å². The minimum Gasteiger partial charge on any atom is -0.452 e. The molecule has 30 heavy (non-hydrogen) atoms. The van der Waals surface area contributed by atoms with Crippen molar-refractivity contribution in [1.82, 2.24) is 15.2 Å². The predicted molar refractivity (Wildman–Crippen MR) is 123 cm³/mol. The lowest BCUT2D eigenvalue weighted by Gasteiger charge is -2.36. The van der Waals surface area contributed by atoms with Crippen LogP contribution in [-0.4, -0.2) is 21.0 Å². The van der Waals surface area contributed by atoms with Crippen molar-refractivity contribution >= 4 is 29.1 Å². The second-order valence-corrected chi connectivity index (χ2v) is 9.36. The molecule has 1 saturated carbocycles. The predicted octanol–water partition coefficient (Wildman–Crippen LogP) is 6.13. The molecule has 6 heteroatoms. The first kappa shape index (κ1) is 19.6. The molecule has 0 amide bonds. The fourth-order valence-corrected chi connectivity index (χ4v) is 5.76. The summed E-state index contributed by atoms with van der Waals surface area (Å²) in [5, 5.41) is 5.27. The van der Waals surface area contributed by atoms with Crippen LogP contribution in [-0.2, 0) is 0 Å². The average Bonchev–Trinajstić information content (AvgIpc) is 3.39. The van der Waals surface area contributed by atoms with Gasteiger partial charge in [-0.15, -0.1) is 0 Å². The SMILES string of the molecule is S=C1N[C@@H](c2ccccn2)[C@@H](c2ccc(Sc3ccccc3)o2)N1C1CCCCC1. The van der Waals surface area contributed by atoms with E-state index in [1.54, 1.807) is 11.8 Å². The minimum atomic E-state index is -0.0126. The molecule has 2 fully saturated rings. The molecule has 0 radical (unpaired) electrons. The molecule has 0 bridgehead atoms. The average molecular weight is 436 g/mol. The number of furan rings is 1. The number of rotatable bonds is 5. The van der Waals surface area contributed by atoms with Crippen molar-refractivity contribution in [2.75, 3.05) is 0 Å². The lowest BCUT2D eigenvalue weighted by atomic mass is 9.92. The number of benzene rings is 1. The second-order valence-electron chi connectivity index (χ2n) is 7.90. The molecule has 5 rings (SSSR count). The third-order valence-corrected chi connectivity index (χ3v) is 7.22. The summed E-state index contributed by atoms with van der Waals surface area (Å²) in [6.07, 6.45) is 8.05. The van der Waals surface area contributed by atoms with Gasteiger partial charge in [-0.2, -0.15) is 0 Å². The van der Waals surface area contributed by atoms with Crippen LogP contribution in [0.2, 0.25) is 0 Å². The molecular formula is C24H25N3OS2. The molecule has 2 aliphatic rings. The highest BCUT2D eigenvalue weighted by Crippen LogP contribution is 2.44. The molecular weight excluding hydrogens is 410 g/mol. The van der Waals surface area contributed by atoms with Crippen LogP contribution < -0.4 is 5.32 Å². The molecule has 2 atom stereocenters. The van der Waals surface area contributed by atoms with Crippen molar-refractivity contribution in [3.8, 4) is 0 Å². The summed E-state index contributed by atoms with van der Waals surface area (Å²) in [5.74, 6) is 0.946. The zero-order valence-corrected chi connectivity index (χ0v) is 18.4. The van der Waals surface area contributed by atoms with Gasteiger partial charge in [0.15, 0.2) is 10.2 Å². The lowest BCUT2D eigenvalue weighted by molar-refractivity contribution is 0.174. The van der Waals surface area contributed by atoms with Crippen LogP contribution in [0.1, 0.15) is 55.6 Å². The first-order chi connectivity index (χ1) is 14.8. The molecule has 1 aliphatic carbocycles. The number of nitrogens with zero attached hydrogens (tertiary/aromatic N) is 2. The maximum Gasteiger partial charge on any atom is 0.170 e. The van der Waals surface area contributed by atoms with Crippen LogP contribution in [0.4, 0.5) is 0 Å². The van der Waals surface area contributed by atoms with Crippen LogP contribution in [0.25, 0.3) is 0 Å². The van der Waals surface area contributed by atoms with Crippen molar-refractivity contribution in [1.29, 1.82) is 0 Å². The summed E-state index contributed by atoms with van der Waals surface area (Å²) in [6, 6.07) is 21.0. The molecule has 0 spiro atoms. The van der Waals surface area contributed by atoms with Gasteiger partial charge in [0.05, 0.1) is 11.7 Å². The van der Waals surface area contributed by atoms with Gasteiger partial charge < -0.3 is 14.6 Å². The number of hydrogen-bond acceptors (Lipinski definition) is 4. The highest BCUT2D eigenvalue weighted by atomic mass is 32.2. The van der Waals surface area contributed by atoms with Gasteiger partial charge in [-0.3, -0.25) is 4.98 Å². The summed E-state index contributed by atoms with van der Waals surface area (Å²) < 4.78 is 6.39. The van der Waals surface area contributed by atoms with Crippen LogP contribution in [0, 0.1) is 0 Å². The van der Waals surface area contributed by atoms with Crippen LogP contribution in [0.3, 0.4) is 0 Å². The zero-order valence-electron chi connectivity index (χ0n) is 16.7. The molecule has 1 N–H and O–H groups in total. The fraction of sp³-hybridized carbons (Fsp3) is 0.333. The lowest BCUT2D eigenvalue weighted by Crippen LogP contribution is -2.40. The van der Waals surface area contributed by atoms with Gasteiger partial charge in [0.1, 0.15) is 11.8 Å². The third kappa shape index (κ3) is 3.98. The second kappa shape index (κ2) is 8.82. The molecule has 1 saturated heterocycles. The molecule has 3 aromatic rings. The van der Waals surface area contributed by atoms with E-state index in [2.05, 4.69) is 45.5 Å². The van der Waals surface area contributed by atoms with Crippen molar-refractivity contribution in [2.45, 2.75) is 60.2 Å². The largest absolute Gasteiger partial charge is 0.452 e. The molecule has 2 aromatic heterocycles.